The highest BCUT2D eigenvalue weighted by atomic mass is 35.5. The van der Waals surface area contributed by atoms with Crippen LogP contribution in [-0.2, 0) is 16.1 Å². The van der Waals surface area contributed by atoms with Crippen molar-refractivity contribution in [3.05, 3.63) is 75.8 Å². The van der Waals surface area contributed by atoms with Gasteiger partial charge in [-0.2, -0.15) is 0 Å². The molecule has 0 aliphatic rings. The van der Waals surface area contributed by atoms with E-state index in [0.29, 0.717) is 23.1 Å². The van der Waals surface area contributed by atoms with E-state index in [-0.39, 0.29) is 18.4 Å². The van der Waals surface area contributed by atoms with Crippen LogP contribution in [0.25, 0.3) is 6.08 Å². The van der Waals surface area contributed by atoms with Crippen LogP contribution in [0.5, 0.6) is 0 Å². The molecule has 0 saturated heterocycles. The zero-order chi connectivity index (χ0) is 18.9. The van der Waals surface area contributed by atoms with E-state index in [9.17, 15) is 9.59 Å². The summed E-state index contributed by atoms with van der Waals surface area (Å²) in [7, 11) is 0. The maximum absolute atomic E-state index is 12.3. The second kappa shape index (κ2) is 10.00. The third kappa shape index (κ3) is 6.54. The van der Waals surface area contributed by atoms with Gasteiger partial charge in [-0.3, -0.25) is 9.59 Å². The largest absolute Gasteiger partial charge is 0.350 e. The fourth-order valence-corrected chi connectivity index (χ4v) is 2.59. The number of halogens is 2. The Kier molecular flexibility index (Phi) is 7.70. The molecule has 0 saturated carbocycles. The molecule has 0 aliphatic heterocycles. The van der Waals surface area contributed by atoms with Gasteiger partial charge < -0.3 is 10.2 Å². The van der Waals surface area contributed by atoms with Crippen molar-refractivity contribution < 1.29 is 9.59 Å². The van der Waals surface area contributed by atoms with E-state index in [0.717, 1.165) is 11.1 Å². The Balaban J connectivity index is 1.87. The lowest BCUT2D eigenvalue weighted by Gasteiger charge is -2.18. The molecule has 0 fully saturated rings. The van der Waals surface area contributed by atoms with Crippen LogP contribution < -0.4 is 5.32 Å². The first-order chi connectivity index (χ1) is 12.5. The van der Waals surface area contributed by atoms with Gasteiger partial charge in [0.25, 0.3) is 0 Å². The van der Waals surface area contributed by atoms with E-state index in [4.69, 9.17) is 23.2 Å². The van der Waals surface area contributed by atoms with Crippen LogP contribution in [0.3, 0.4) is 0 Å². The highest BCUT2D eigenvalue weighted by molar-refractivity contribution is 6.30. The van der Waals surface area contributed by atoms with Crippen molar-refractivity contribution in [1.29, 1.82) is 0 Å². The molecule has 26 heavy (non-hydrogen) atoms. The highest BCUT2D eigenvalue weighted by Crippen LogP contribution is 2.12. The van der Waals surface area contributed by atoms with Gasteiger partial charge in [-0.15, -0.1) is 0 Å². The fraction of sp³-hybridized carbons (Fsp3) is 0.200. The van der Waals surface area contributed by atoms with Crippen LogP contribution in [0.2, 0.25) is 10.0 Å². The molecule has 0 heterocycles. The predicted octanol–water partition coefficient (Wildman–Crippen LogP) is 4.17. The van der Waals surface area contributed by atoms with Gasteiger partial charge in [0.2, 0.25) is 11.8 Å². The monoisotopic (exact) mass is 390 g/mol. The maximum atomic E-state index is 12.3. The molecular formula is C20H20Cl2N2O2. The molecule has 2 rings (SSSR count). The van der Waals surface area contributed by atoms with E-state index in [1.54, 1.807) is 30.3 Å². The smallest absolute Gasteiger partial charge is 0.247 e. The van der Waals surface area contributed by atoms with Crippen LogP contribution >= 0.6 is 23.2 Å². The van der Waals surface area contributed by atoms with Gasteiger partial charge in [0.15, 0.2) is 0 Å². The Morgan fingerprint density at radius 2 is 1.81 bits per heavy atom. The lowest BCUT2D eigenvalue weighted by molar-refractivity contribution is -0.132. The summed E-state index contributed by atoms with van der Waals surface area (Å²) in [5, 5.41) is 4.05. The van der Waals surface area contributed by atoms with Gasteiger partial charge >= 0.3 is 0 Å². The quantitative estimate of drug-likeness (QED) is 0.721. The molecule has 0 radical (unpaired) electrons. The molecule has 0 unspecified atom stereocenters. The summed E-state index contributed by atoms with van der Waals surface area (Å²) in [5.41, 5.74) is 1.77. The van der Waals surface area contributed by atoms with Crippen molar-refractivity contribution in [2.75, 3.05) is 13.1 Å². The predicted molar refractivity (Wildman–Crippen MR) is 106 cm³/mol. The topological polar surface area (TPSA) is 49.4 Å². The molecule has 0 spiro atoms. The lowest BCUT2D eigenvalue weighted by Crippen LogP contribution is -2.39. The molecule has 0 bridgehead atoms. The van der Waals surface area contributed by atoms with E-state index >= 15 is 0 Å². The normalized spacial score (nSPS) is 10.7. The maximum Gasteiger partial charge on any atom is 0.247 e. The van der Waals surface area contributed by atoms with Crippen LogP contribution in [0, 0.1) is 0 Å². The minimum Gasteiger partial charge on any atom is -0.350 e. The lowest BCUT2D eigenvalue weighted by atomic mass is 10.2. The summed E-state index contributed by atoms with van der Waals surface area (Å²) in [6.07, 6.45) is 3.13. The minimum atomic E-state index is -0.228. The molecule has 1 N–H and O–H groups in total. The molecule has 136 valence electrons. The molecule has 4 nitrogen and oxygen atoms in total. The molecule has 6 heteroatoms. The summed E-state index contributed by atoms with van der Waals surface area (Å²) >= 11 is 11.8. The van der Waals surface area contributed by atoms with Crippen LogP contribution in [0.4, 0.5) is 0 Å². The summed E-state index contributed by atoms with van der Waals surface area (Å²) in [6, 6.07) is 14.4. The van der Waals surface area contributed by atoms with E-state index in [1.165, 1.54) is 11.0 Å². The number of likely N-dealkylation sites (N-methyl/N-ethyl adjacent to an activating group) is 1. The molecule has 2 aromatic carbocycles. The number of amides is 2. The fourth-order valence-electron chi connectivity index (χ4n) is 2.26. The third-order valence-electron chi connectivity index (χ3n) is 3.70. The highest BCUT2D eigenvalue weighted by Gasteiger charge is 2.13. The van der Waals surface area contributed by atoms with E-state index in [2.05, 4.69) is 5.32 Å². The van der Waals surface area contributed by atoms with Gasteiger partial charge in [-0.1, -0.05) is 47.5 Å². The van der Waals surface area contributed by atoms with Crippen LogP contribution in [0.1, 0.15) is 18.1 Å². The second-order valence-corrected chi connectivity index (χ2v) is 6.52. The Labute approximate surface area is 163 Å². The van der Waals surface area contributed by atoms with Gasteiger partial charge in [-0.05, 0) is 48.4 Å². The second-order valence-electron chi connectivity index (χ2n) is 5.64. The van der Waals surface area contributed by atoms with E-state index < -0.39 is 0 Å². The zero-order valence-electron chi connectivity index (χ0n) is 14.4. The van der Waals surface area contributed by atoms with Gasteiger partial charge in [0.05, 0.1) is 6.54 Å². The first-order valence-electron chi connectivity index (χ1n) is 8.21. The first kappa shape index (κ1) is 20.0. The summed E-state index contributed by atoms with van der Waals surface area (Å²) in [4.78, 5) is 25.9. The molecule has 0 aliphatic carbocycles. The van der Waals surface area contributed by atoms with Crippen molar-refractivity contribution in [2.45, 2.75) is 13.5 Å². The Bertz CT molecular complexity index is 789. The third-order valence-corrected chi connectivity index (χ3v) is 4.18. The van der Waals surface area contributed by atoms with Crippen LogP contribution in [0.15, 0.2) is 54.6 Å². The number of nitrogens with zero attached hydrogens (tertiary/aromatic N) is 1. The molecular weight excluding hydrogens is 371 g/mol. The molecule has 0 aromatic heterocycles. The average Bonchev–Trinajstić information content (AvgIpc) is 2.63. The van der Waals surface area contributed by atoms with Gasteiger partial charge in [0.1, 0.15) is 0 Å². The summed E-state index contributed by atoms with van der Waals surface area (Å²) < 4.78 is 0. The minimum absolute atomic E-state index is 0.00279. The van der Waals surface area contributed by atoms with Crippen molar-refractivity contribution >= 4 is 41.1 Å². The molecule has 2 aromatic rings. The van der Waals surface area contributed by atoms with Crippen molar-refractivity contribution in [3.8, 4) is 0 Å². The standard InChI is InChI=1S/C20H20Cl2N2O2/c1-2-24(20(26)11-8-15-4-3-5-18(22)12-15)14-19(25)23-13-16-6-9-17(21)10-7-16/h3-12H,2,13-14H2,1H3,(H,23,25)/b11-8+. The number of benzene rings is 2. The SMILES string of the molecule is CCN(CC(=O)NCc1ccc(Cl)cc1)C(=O)/C=C/c1cccc(Cl)c1. The number of carbonyl (C=O) groups is 2. The summed E-state index contributed by atoms with van der Waals surface area (Å²) in [6.45, 7) is 2.66. The van der Waals surface area contributed by atoms with Crippen molar-refractivity contribution in [2.24, 2.45) is 0 Å². The average molecular weight is 391 g/mol. The number of carbonyl (C=O) groups excluding carboxylic acids is 2. The van der Waals surface area contributed by atoms with E-state index in [1.807, 2.05) is 31.2 Å². The number of hydrogen-bond acceptors (Lipinski definition) is 2. The Hall–Kier alpha value is -2.30. The summed E-state index contributed by atoms with van der Waals surface area (Å²) in [5.74, 6) is -0.444. The Morgan fingerprint density at radius 1 is 1.08 bits per heavy atom. The number of hydrogen-bond donors (Lipinski definition) is 1. The number of rotatable bonds is 7. The zero-order valence-corrected chi connectivity index (χ0v) is 15.9. The van der Waals surface area contributed by atoms with Gasteiger partial charge in [0, 0.05) is 29.2 Å². The number of nitrogens with one attached hydrogen (secondary N) is 1. The van der Waals surface area contributed by atoms with Crippen molar-refractivity contribution in [1.82, 2.24) is 10.2 Å². The molecule has 2 amide bonds. The Morgan fingerprint density at radius 3 is 2.46 bits per heavy atom. The van der Waals surface area contributed by atoms with Crippen molar-refractivity contribution in [3.63, 3.8) is 0 Å². The molecule has 0 atom stereocenters. The van der Waals surface area contributed by atoms with Crippen LogP contribution in [-0.4, -0.2) is 29.8 Å². The van der Waals surface area contributed by atoms with Gasteiger partial charge in [-0.25, -0.2) is 0 Å². The first-order valence-corrected chi connectivity index (χ1v) is 8.97.